The van der Waals surface area contributed by atoms with Crippen molar-refractivity contribution in [3.8, 4) is 0 Å². The summed E-state index contributed by atoms with van der Waals surface area (Å²) in [5.74, 6) is 0.208. The van der Waals surface area contributed by atoms with E-state index in [1.54, 1.807) is 29.2 Å². The van der Waals surface area contributed by atoms with Crippen LogP contribution in [0.5, 0.6) is 0 Å². The average Bonchev–Trinajstić information content (AvgIpc) is 3.55. The van der Waals surface area contributed by atoms with Crippen LogP contribution in [0.1, 0.15) is 28.1 Å². The first-order chi connectivity index (χ1) is 16.3. The van der Waals surface area contributed by atoms with Crippen molar-refractivity contribution < 1.29 is 31.6 Å². The summed E-state index contributed by atoms with van der Waals surface area (Å²) in [5.41, 5.74) is 0.174. The number of hydrogen-bond acceptors (Lipinski definition) is 5. The molecule has 0 saturated carbocycles. The van der Waals surface area contributed by atoms with Crippen LogP contribution < -0.4 is 4.90 Å². The Morgan fingerprint density at radius 2 is 1.79 bits per heavy atom. The number of furan rings is 2. The number of rotatable bonds is 7. The zero-order valence-electron chi connectivity index (χ0n) is 18.3. The van der Waals surface area contributed by atoms with Crippen LogP contribution in [0.15, 0.2) is 70.1 Å². The van der Waals surface area contributed by atoms with Gasteiger partial charge in [0.15, 0.2) is 0 Å². The Bertz CT molecular complexity index is 1090. The van der Waals surface area contributed by atoms with Crippen molar-refractivity contribution in [1.29, 1.82) is 0 Å². The Morgan fingerprint density at radius 3 is 2.44 bits per heavy atom. The van der Waals surface area contributed by atoms with Gasteiger partial charge in [-0.15, -0.1) is 0 Å². The SMILES string of the molecule is O=C(CCN(Cc1ccco1)C(=O)c1ccoc1)N1CCN(c2cccc(C(F)(F)F)c2)CC1. The van der Waals surface area contributed by atoms with E-state index >= 15 is 0 Å². The monoisotopic (exact) mass is 475 g/mol. The second-order valence-corrected chi connectivity index (χ2v) is 7.98. The van der Waals surface area contributed by atoms with Gasteiger partial charge >= 0.3 is 6.18 Å². The van der Waals surface area contributed by atoms with Crippen LogP contribution in [-0.2, 0) is 17.5 Å². The van der Waals surface area contributed by atoms with E-state index in [1.165, 1.54) is 29.8 Å². The van der Waals surface area contributed by atoms with Crippen LogP contribution in [0.4, 0.5) is 18.9 Å². The first kappa shape index (κ1) is 23.5. The Labute approximate surface area is 194 Å². The third kappa shape index (κ3) is 5.62. The lowest BCUT2D eigenvalue weighted by atomic mass is 10.1. The van der Waals surface area contributed by atoms with Crippen LogP contribution in [-0.4, -0.2) is 54.3 Å². The fourth-order valence-corrected chi connectivity index (χ4v) is 3.89. The third-order valence-electron chi connectivity index (χ3n) is 5.75. The molecular weight excluding hydrogens is 451 g/mol. The van der Waals surface area contributed by atoms with Gasteiger partial charge in [0, 0.05) is 44.8 Å². The lowest BCUT2D eigenvalue weighted by Crippen LogP contribution is -2.49. The van der Waals surface area contributed by atoms with Gasteiger partial charge in [-0.05, 0) is 36.4 Å². The van der Waals surface area contributed by atoms with Crippen LogP contribution in [0, 0.1) is 0 Å². The van der Waals surface area contributed by atoms with Gasteiger partial charge in [-0.1, -0.05) is 6.07 Å². The smallest absolute Gasteiger partial charge is 0.416 e. The molecule has 1 fully saturated rings. The molecule has 1 saturated heterocycles. The van der Waals surface area contributed by atoms with Crippen LogP contribution in [0.3, 0.4) is 0 Å². The normalized spacial score (nSPS) is 14.3. The van der Waals surface area contributed by atoms with E-state index in [0.29, 0.717) is 43.2 Å². The Morgan fingerprint density at radius 1 is 1.00 bits per heavy atom. The Hall–Kier alpha value is -3.69. The molecule has 10 heteroatoms. The summed E-state index contributed by atoms with van der Waals surface area (Å²) >= 11 is 0. The number of nitrogens with zero attached hydrogens (tertiary/aromatic N) is 3. The molecule has 1 aliphatic rings. The zero-order chi connectivity index (χ0) is 24.1. The molecule has 2 amide bonds. The van der Waals surface area contributed by atoms with Crippen molar-refractivity contribution in [3.05, 3.63) is 78.1 Å². The molecule has 0 atom stereocenters. The lowest BCUT2D eigenvalue weighted by Gasteiger charge is -2.36. The molecule has 7 nitrogen and oxygen atoms in total. The number of halogens is 3. The quantitative estimate of drug-likeness (QED) is 0.511. The van der Waals surface area contributed by atoms with E-state index in [0.717, 1.165) is 12.1 Å². The minimum atomic E-state index is -4.40. The van der Waals surface area contributed by atoms with Gasteiger partial charge in [0.05, 0.1) is 30.2 Å². The number of hydrogen-bond donors (Lipinski definition) is 0. The molecule has 0 spiro atoms. The maximum atomic E-state index is 13.0. The molecule has 34 heavy (non-hydrogen) atoms. The first-order valence-corrected chi connectivity index (χ1v) is 10.8. The number of benzene rings is 1. The molecule has 2 aromatic heterocycles. The summed E-state index contributed by atoms with van der Waals surface area (Å²) in [6.45, 7) is 2.05. The fraction of sp³-hybridized carbons (Fsp3) is 0.333. The summed E-state index contributed by atoms with van der Waals surface area (Å²) in [4.78, 5) is 30.7. The molecular formula is C24H24F3N3O4. The predicted molar refractivity (Wildman–Crippen MR) is 117 cm³/mol. The molecule has 3 aromatic rings. The highest BCUT2D eigenvalue weighted by Crippen LogP contribution is 2.32. The molecule has 0 bridgehead atoms. The first-order valence-electron chi connectivity index (χ1n) is 10.8. The van der Waals surface area contributed by atoms with Crippen molar-refractivity contribution in [2.75, 3.05) is 37.6 Å². The second-order valence-electron chi connectivity index (χ2n) is 7.98. The van der Waals surface area contributed by atoms with Gasteiger partial charge in [-0.25, -0.2) is 0 Å². The molecule has 180 valence electrons. The number of carbonyl (C=O) groups is 2. The highest BCUT2D eigenvalue weighted by atomic mass is 19.4. The molecule has 1 aliphatic heterocycles. The Balaban J connectivity index is 1.33. The van der Waals surface area contributed by atoms with Crippen molar-refractivity contribution in [2.24, 2.45) is 0 Å². The maximum Gasteiger partial charge on any atom is 0.416 e. The van der Waals surface area contributed by atoms with E-state index in [1.807, 2.05) is 4.90 Å². The topological polar surface area (TPSA) is 70.1 Å². The van der Waals surface area contributed by atoms with E-state index in [9.17, 15) is 22.8 Å². The summed E-state index contributed by atoms with van der Waals surface area (Å²) in [5, 5.41) is 0. The average molecular weight is 475 g/mol. The van der Waals surface area contributed by atoms with Gasteiger partial charge in [-0.3, -0.25) is 9.59 Å². The van der Waals surface area contributed by atoms with Gasteiger partial charge in [0.1, 0.15) is 12.0 Å². The second kappa shape index (κ2) is 10.1. The number of carbonyl (C=O) groups excluding carboxylic acids is 2. The van der Waals surface area contributed by atoms with Crippen LogP contribution >= 0.6 is 0 Å². The van der Waals surface area contributed by atoms with E-state index in [2.05, 4.69) is 0 Å². The molecule has 0 unspecified atom stereocenters. The van der Waals surface area contributed by atoms with Crippen molar-refractivity contribution >= 4 is 17.5 Å². The molecule has 4 rings (SSSR count). The van der Waals surface area contributed by atoms with Crippen molar-refractivity contribution in [2.45, 2.75) is 19.1 Å². The summed E-state index contributed by atoms with van der Waals surface area (Å²) in [6, 6.07) is 10.2. The van der Waals surface area contributed by atoms with Crippen LogP contribution in [0.2, 0.25) is 0 Å². The largest absolute Gasteiger partial charge is 0.472 e. The van der Waals surface area contributed by atoms with Crippen molar-refractivity contribution in [1.82, 2.24) is 9.80 Å². The van der Waals surface area contributed by atoms with E-state index in [-0.39, 0.29) is 31.3 Å². The Kier molecular flexibility index (Phi) is 6.95. The highest BCUT2D eigenvalue weighted by Gasteiger charge is 2.31. The number of alkyl halides is 3. The van der Waals surface area contributed by atoms with Gasteiger partial charge < -0.3 is 23.5 Å². The molecule has 1 aromatic carbocycles. The van der Waals surface area contributed by atoms with Gasteiger partial charge in [-0.2, -0.15) is 13.2 Å². The molecule has 3 heterocycles. The fourth-order valence-electron chi connectivity index (χ4n) is 3.89. The number of piperazine rings is 1. The molecule has 0 N–H and O–H groups in total. The zero-order valence-corrected chi connectivity index (χ0v) is 18.3. The van der Waals surface area contributed by atoms with E-state index < -0.39 is 11.7 Å². The van der Waals surface area contributed by atoms with Crippen LogP contribution in [0.25, 0.3) is 0 Å². The summed E-state index contributed by atoms with van der Waals surface area (Å²) in [7, 11) is 0. The maximum absolute atomic E-state index is 13.0. The third-order valence-corrected chi connectivity index (χ3v) is 5.75. The standard InChI is InChI=1S/C24H24F3N3O4/c25-24(26,27)19-3-1-4-20(15-19)28-9-11-29(12-10-28)22(31)6-8-30(16-21-5-2-13-34-21)23(32)18-7-14-33-17-18/h1-5,7,13-15,17H,6,8-12,16H2. The number of amides is 2. The highest BCUT2D eigenvalue weighted by molar-refractivity contribution is 5.94. The minimum Gasteiger partial charge on any atom is -0.472 e. The summed E-state index contributed by atoms with van der Waals surface area (Å²) in [6.07, 6.45) is 0.00157. The summed E-state index contributed by atoms with van der Waals surface area (Å²) < 4.78 is 49.4. The lowest BCUT2D eigenvalue weighted by molar-refractivity contribution is -0.137. The van der Waals surface area contributed by atoms with Gasteiger partial charge in [0.2, 0.25) is 5.91 Å². The van der Waals surface area contributed by atoms with E-state index in [4.69, 9.17) is 8.83 Å². The minimum absolute atomic E-state index is 0.117. The molecule has 0 aliphatic carbocycles. The number of anilines is 1. The predicted octanol–water partition coefficient (Wildman–Crippen LogP) is 4.27. The van der Waals surface area contributed by atoms with Crippen molar-refractivity contribution in [3.63, 3.8) is 0 Å². The van der Waals surface area contributed by atoms with Gasteiger partial charge in [0.25, 0.3) is 5.91 Å². The molecule has 0 radical (unpaired) electrons.